The highest BCUT2D eigenvalue weighted by atomic mass is 19.4. The average Bonchev–Trinajstić information content (AvgIpc) is 3.29. The van der Waals surface area contributed by atoms with Gasteiger partial charge in [0.1, 0.15) is 0 Å². The Morgan fingerprint density at radius 1 is 0.478 bits per heavy atom. The van der Waals surface area contributed by atoms with Gasteiger partial charge in [0.25, 0.3) is 11.2 Å². The van der Waals surface area contributed by atoms with Gasteiger partial charge in [-0.25, -0.2) is 4.79 Å². The van der Waals surface area contributed by atoms with E-state index in [-0.39, 0.29) is 0 Å². The van der Waals surface area contributed by atoms with Crippen LogP contribution in [-0.4, -0.2) is 108 Å². The first-order valence-electron chi connectivity index (χ1n) is 21.1. The first-order valence-corrected chi connectivity index (χ1v) is 21.1. The van der Waals surface area contributed by atoms with Gasteiger partial charge in [-0.15, -0.1) is 0 Å². The zero-order valence-electron chi connectivity index (χ0n) is 36.3. The third kappa shape index (κ3) is 12.3. The van der Waals surface area contributed by atoms with E-state index in [0.717, 1.165) is 24.5 Å². The standard InChI is InChI=1S/C26H25F6N5O2.C20H21F6N3O/c27-25(28,29)24(39,26(30,31)32)19-3-1-18(2-4-19)17-36-13-15-37(16-14-36)22-7-5-20(6-8-22)34-23(38)35-21-9-11-33-12-10-21;21-19(22,23)18(30,20(24,25)26)15-3-1-14(2-4-15)13-28-9-11-29(12-10-28)17-7-5-16(27)6-8-17/h1-12,39H,13-17H2,(H2,33,34,35,38);1-8,30H,9-13,27H2. The van der Waals surface area contributed by atoms with Gasteiger partial charge in [0.05, 0.1) is 0 Å². The van der Waals surface area contributed by atoms with Crippen LogP contribution >= 0.6 is 0 Å². The summed E-state index contributed by atoms with van der Waals surface area (Å²) < 4.78 is 156. The molecule has 23 heteroatoms. The number of nitrogens with one attached hydrogen (secondary N) is 2. The minimum atomic E-state index is -5.91. The van der Waals surface area contributed by atoms with E-state index in [0.29, 0.717) is 105 Å². The second-order valence-corrected chi connectivity index (χ2v) is 16.3. The maximum atomic E-state index is 13.1. The SMILES string of the molecule is Nc1ccc(N2CCN(Cc3ccc(C(O)(C(F)(F)F)C(F)(F)F)cc3)CC2)cc1.O=C(Nc1ccncc1)Nc1ccc(N2CCN(Cc3ccc(C(O)(C(F)(F)F)C(F)(F)F)cc3)CC2)cc1. The van der Waals surface area contributed by atoms with Crippen molar-refractivity contribution in [2.75, 3.05) is 78.5 Å². The number of amides is 2. The second kappa shape index (κ2) is 20.7. The maximum absolute atomic E-state index is 13.1. The zero-order chi connectivity index (χ0) is 50.4. The number of carbonyl (C=O) groups is 1. The molecule has 2 saturated heterocycles. The van der Waals surface area contributed by atoms with E-state index in [1.807, 2.05) is 41.3 Å². The molecule has 1 aromatic heterocycles. The molecule has 5 aromatic rings. The fraction of sp³-hybridized carbons (Fsp3) is 0.348. The van der Waals surface area contributed by atoms with E-state index in [9.17, 15) is 67.7 Å². The number of piperazine rings is 2. The molecule has 0 saturated carbocycles. The fourth-order valence-electron chi connectivity index (χ4n) is 7.69. The van der Waals surface area contributed by atoms with E-state index in [1.54, 1.807) is 36.7 Å². The minimum absolute atomic E-state index is 0.333. The van der Waals surface area contributed by atoms with Crippen LogP contribution in [0, 0.1) is 0 Å². The number of urea groups is 1. The molecule has 69 heavy (non-hydrogen) atoms. The number of aliphatic hydroxyl groups is 2. The first kappa shape index (κ1) is 52.1. The molecule has 2 aliphatic heterocycles. The van der Waals surface area contributed by atoms with Crippen LogP contribution < -0.4 is 26.2 Å². The van der Waals surface area contributed by atoms with Crippen molar-refractivity contribution in [3.05, 3.63) is 144 Å². The lowest BCUT2D eigenvalue weighted by Crippen LogP contribution is -2.53. The number of anilines is 5. The predicted octanol–water partition coefficient (Wildman–Crippen LogP) is 9.26. The van der Waals surface area contributed by atoms with E-state index in [2.05, 4.69) is 30.3 Å². The number of pyridine rings is 1. The summed E-state index contributed by atoms with van der Waals surface area (Å²) >= 11 is 0. The predicted molar refractivity (Wildman–Crippen MR) is 234 cm³/mol. The molecule has 6 N–H and O–H groups in total. The number of hydrogen-bond acceptors (Lipinski definition) is 9. The summed E-state index contributed by atoms with van der Waals surface area (Å²) in [5.41, 5.74) is -1.72. The molecule has 11 nitrogen and oxygen atoms in total. The Morgan fingerprint density at radius 2 is 0.797 bits per heavy atom. The zero-order valence-corrected chi connectivity index (χ0v) is 36.3. The van der Waals surface area contributed by atoms with Gasteiger partial charge >= 0.3 is 30.7 Å². The van der Waals surface area contributed by atoms with Gasteiger partial charge in [-0.05, 0) is 71.8 Å². The van der Waals surface area contributed by atoms with Crippen molar-refractivity contribution >= 4 is 34.5 Å². The van der Waals surface area contributed by atoms with Crippen molar-refractivity contribution < 1.29 is 67.7 Å². The third-order valence-corrected chi connectivity index (χ3v) is 11.6. The summed E-state index contributed by atoms with van der Waals surface area (Å²) in [6, 6.07) is 25.1. The van der Waals surface area contributed by atoms with E-state index >= 15 is 0 Å². The second-order valence-electron chi connectivity index (χ2n) is 16.3. The van der Waals surface area contributed by atoms with Gasteiger partial charge in [0, 0.05) is 117 Å². The molecular formula is C46H46F12N8O3. The minimum Gasteiger partial charge on any atom is -0.399 e. The first-order chi connectivity index (χ1) is 32.3. The number of hydrogen-bond donors (Lipinski definition) is 5. The number of alkyl halides is 12. The smallest absolute Gasteiger partial charge is 0.399 e. The third-order valence-electron chi connectivity index (χ3n) is 11.6. The summed E-state index contributed by atoms with van der Waals surface area (Å²) in [5.74, 6) is 0. The summed E-state index contributed by atoms with van der Waals surface area (Å²) in [6.45, 7) is 6.06. The Morgan fingerprint density at radius 3 is 1.13 bits per heavy atom. The molecule has 0 spiro atoms. The van der Waals surface area contributed by atoms with Crippen molar-refractivity contribution in [2.45, 2.75) is 49.0 Å². The van der Waals surface area contributed by atoms with Crippen molar-refractivity contribution in [1.29, 1.82) is 0 Å². The molecule has 4 aromatic carbocycles. The van der Waals surface area contributed by atoms with Gasteiger partial charge in [-0.1, -0.05) is 48.5 Å². The Labute approximate surface area is 387 Å². The van der Waals surface area contributed by atoms with E-state index < -0.39 is 53.1 Å². The van der Waals surface area contributed by atoms with Crippen LogP contribution in [0.25, 0.3) is 0 Å². The number of nitrogens with zero attached hydrogens (tertiary/aromatic N) is 5. The normalized spacial score (nSPS) is 15.9. The van der Waals surface area contributed by atoms with E-state index in [1.165, 1.54) is 24.3 Å². The molecule has 3 heterocycles. The molecule has 2 amide bonds. The highest BCUT2D eigenvalue weighted by molar-refractivity contribution is 5.99. The Kier molecular flexibility index (Phi) is 15.7. The molecule has 0 unspecified atom stereocenters. The van der Waals surface area contributed by atoms with Crippen LogP contribution in [0.1, 0.15) is 22.3 Å². The number of aromatic nitrogens is 1. The fourth-order valence-corrected chi connectivity index (χ4v) is 7.69. The Bertz CT molecular complexity index is 2390. The van der Waals surface area contributed by atoms with Gasteiger partial charge in [0.2, 0.25) is 0 Å². The molecule has 372 valence electrons. The maximum Gasteiger partial charge on any atom is 0.430 e. The quantitative estimate of drug-likeness (QED) is 0.0687. The van der Waals surface area contributed by atoms with Crippen LogP contribution in [-0.2, 0) is 24.3 Å². The summed E-state index contributed by atoms with van der Waals surface area (Å²) in [4.78, 5) is 24.4. The monoisotopic (exact) mass is 986 g/mol. The number of benzene rings is 4. The Hall–Kier alpha value is -6.30. The number of nitrogens with two attached hydrogens (primary N) is 1. The summed E-state index contributed by atoms with van der Waals surface area (Å²) in [7, 11) is 0. The molecule has 2 aliphatic rings. The van der Waals surface area contributed by atoms with Crippen LogP contribution in [0.3, 0.4) is 0 Å². The van der Waals surface area contributed by atoms with Gasteiger partial charge in [0.15, 0.2) is 0 Å². The van der Waals surface area contributed by atoms with Gasteiger partial charge in [-0.2, -0.15) is 52.7 Å². The summed E-state index contributed by atoms with van der Waals surface area (Å²) in [5, 5.41) is 24.4. The number of rotatable bonds is 10. The van der Waals surface area contributed by atoms with Crippen molar-refractivity contribution in [1.82, 2.24) is 14.8 Å². The molecule has 2 fully saturated rings. The van der Waals surface area contributed by atoms with Crippen LogP contribution in [0.2, 0.25) is 0 Å². The van der Waals surface area contributed by atoms with Crippen molar-refractivity contribution in [2.24, 2.45) is 0 Å². The number of carbonyl (C=O) groups excluding carboxylic acids is 1. The van der Waals surface area contributed by atoms with E-state index in [4.69, 9.17) is 5.73 Å². The molecule has 0 aliphatic carbocycles. The number of halogens is 12. The lowest BCUT2D eigenvalue weighted by atomic mass is 9.91. The van der Waals surface area contributed by atoms with Gasteiger partial charge < -0.3 is 36.4 Å². The molecule has 0 atom stereocenters. The van der Waals surface area contributed by atoms with Crippen molar-refractivity contribution in [3.63, 3.8) is 0 Å². The largest absolute Gasteiger partial charge is 0.430 e. The average molecular weight is 987 g/mol. The lowest BCUT2D eigenvalue weighted by Gasteiger charge is -2.36. The van der Waals surface area contributed by atoms with Crippen LogP contribution in [0.5, 0.6) is 0 Å². The Balaban J connectivity index is 0.000000235. The topological polar surface area (TPSA) is 133 Å². The summed E-state index contributed by atoms with van der Waals surface area (Å²) in [6.07, 6.45) is -20.5. The highest BCUT2D eigenvalue weighted by Crippen LogP contribution is 2.51. The highest BCUT2D eigenvalue weighted by Gasteiger charge is 2.72. The lowest BCUT2D eigenvalue weighted by molar-refractivity contribution is -0.376. The van der Waals surface area contributed by atoms with Crippen LogP contribution in [0.4, 0.5) is 85.9 Å². The van der Waals surface area contributed by atoms with Crippen molar-refractivity contribution in [3.8, 4) is 0 Å². The molecule has 0 bridgehead atoms. The van der Waals surface area contributed by atoms with Gasteiger partial charge in [-0.3, -0.25) is 14.8 Å². The molecule has 7 rings (SSSR count). The molecule has 0 radical (unpaired) electrons. The van der Waals surface area contributed by atoms with Crippen LogP contribution in [0.15, 0.2) is 122 Å². The number of nitrogen functional groups attached to an aromatic ring is 1. The molecular weight excluding hydrogens is 941 g/mol.